The molecule has 2 rings (SSSR count). The van der Waals surface area contributed by atoms with Gasteiger partial charge in [-0.3, -0.25) is 9.59 Å². The molecule has 5 heteroatoms. The zero-order valence-electron chi connectivity index (χ0n) is 14.4. The highest BCUT2D eigenvalue weighted by Gasteiger charge is 2.35. The van der Waals surface area contributed by atoms with Crippen LogP contribution in [0.5, 0.6) is 0 Å². The molecule has 1 unspecified atom stereocenters. The van der Waals surface area contributed by atoms with E-state index in [1.165, 1.54) is 0 Å². The number of carboxylic acid groups (broad SMARTS) is 1. The van der Waals surface area contributed by atoms with E-state index in [1.807, 2.05) is 19.9 Å². The summed E-state index contributed by atoms with van der Waals surface area (Å²) in [5.41, 5.74) is -0.112. The van der Waals surface area contributed by atoms with E-state index < -0.39 is 11.4 Å². The molecule has 1 aromatic heterocycles. The number of nitrogens with one attached hydrogen (secondary N) is 1. The molecule has 0 spiro atoms. The van der Waals surface area contributed by atoms with Crippen molar-refractivity contribution in [2.24, 2.45) is 0 Å². The average Bonchev–Trinajstić information content (AvgIpc) is 2.95. The Bertz CT molecular complexity index is 733. The first-order valence-electron chi connectivity index (χ1n) is 7.93. The van der Waals surface area contributed by atoms with E-state index in [9.17, 15) is 14.7 Å². The molecule has 0 bridgehead atoms. The Morgan fingerprint density at radius 3 is 2.38 bits per heavy atom. The Morgan fingerprint density at radius 2 is 1.88 bits per heavy atom. The van der Waals surface area contributed by atoms with E-state index in [0.717, 1.165) is 5.76 Å². The van der Waals surface area contributed by atoms with Crippen LogP contribution in [0.2, 0.25) is 0 Å². The second kappa shape index (κ2) is 6.91. The van der Waals surface area contributed by atoms with Gasteiger partial charge in [-0.25, -0.2) is 0 Å². The van der Waals surface area contributed by atoms with Crippen LogP contribution < -0.4 is 5.32 Å². The molecule has 5 nitrogen and oxygen atoms in total. The molecule has 1 heterocycles. The van der Waals surface area contributed by atoms with E-state index in [1.54, 1.807) is 44.2 Å². The lowest BCUT2D eigenvalue weighted by atomic mass is 9.82. The minimum Gasteiger partial charge on any atom is -0.481 e. The number of carbonyl (C=O) groups is 2. The Hall–Kier alpha value is -2.56. The fraction of sp³-hybridized carbons (Fsp3) is 0.368. The van der Waals surface area contributed by atoms with Crippen LogP contribution in [0.15, 0.2) is 40.8 Å². The van der Waals surface area contributed by atoms with Crippen molar-refractivity contribution < 1.29 is 19.1 Å². The highest BCUT2D eigenvalue weighted by molar-refractivity contribution is 5.96. The average molecular weight is 329 g/mol. The summed E-state index contributed by atoms with van der Waals surface area (Å²) in [7, 11) is 0. The third-order valence-corrected chi connectivity index (χ3v) is 4.24. The predicted molar refractivity (Wildman–Crippen MR) is 91.3 cm³/mol. The molecule has 0 fully saturated rings. The third kappa shape index (κ3) is 3.50. The Balaban J connectivity index is 2.18. The molecule has 2 N–H and O–H groups in total. The first-order valence-corrected chi connectivity index (χ1v) is 7.93. The number of aliphatic carboxylic acids is 1. The second-order valence-electron chi connectivity index (χ2n) is 6.46. The van der Waals surface area contributed by atoms with Gasteiger partial charge in [0, 0.05) is 12.5 Å². The minimum atomic E-state index is -1.20. The van der Waals surface area contributed by atoms with E-state index in [2.05, 4.69) is 5.32 Å². The lowest BCUT2D eigenvalue weighted by molar-refractivity contribution is -0.142. The molecule has 0 aliphatic heterocycles. The quantitative estimate of drug-likeness (QED) is 0.850. The molecular weight excluding hydrogens is 306 g/mol. The van der Waals surface area contributed by atoms with Gasteiger partial charge in [-0.15, -0.1) is 0 Å². The number of hydrogen-bond acceptors (Lipinski definition) is 3. The van der Waals surface area contributed by atoms with Gasteiger partial charge in [-0.1, -0.05) is 44.2 Å². The van der Waals surface area contributed by atoms with Crippen molar-refractivity contribution in [2.45, 2.75) is 39.0 Å². The van der Waals surface area contributed by atoms with Crippen molar-refractivity contribution in [3.63, 3.8) is 0 Å². The van der Waals surface area contributed by atoms with Crippen LogP contribution in [-0.2, 0) is 10.2 Å². The van der Waals surface area contributed by atoms with Crippen LogP contribution in [0.4, 0.5) is 0 Å². The molecule has 0 aliphatic carbocycles. The van der Waals surface area contributed by atoms with E-state index in [-0.39, 0.29) is 18.4 Å². The molecule has 2 aromatic rings. The SMILES string of the molecule is Cc1oc(C(C)C)cc1C(=O)NCC(C)(C(=O)O)c1ccccc1. The van der Waals surface area contributed by atoms with Crippen molar-refractivity contribution in [3.05, 3.63) is 59.0 Å². The largest absolute Gasteiger partial charge is 0.481 e. The number of carboxylic acids is 1. The van der Waals surface area contributed by atoms with Gasteiger partial charge in [0.2, 0.25) is 0 Å². The van der Waals surface area contributed by atoms with Gasteiger partial charge in [0.15, 0.2) is 0 Å². The number of benzene rings is 1. The number of aryl methyl sites for hydroxylation is 1. The summed E-state index contributed by atoms with van der Waals surface area (Å²) in [5, 5.41) is 12.4. The van der Waals surface area contributed by atoms with Crippen LogP contribution in [-0.4, -0.2) is 23.5 Å². The molecule has 128 valence electrons. The van der Waals surface area contributed by atoms with Gasteiger partial charge in [0.1, 0.15) is 16.9 Å². The van der Waals surface area contributed by atoms with Crippen LogP contribution in [0, 0.1) is 6.92 Å². The summed E-state index contributed by atoms with van der Waals surface area (Å²) in [6.07, 6.45) is 0. The monoisotopic (exact) mass is 329 g/mol. The maximum atomic E-state index is 12.4. The van der Waals surface area contributed by atoms with Gasteiger partial charge >= 0.3 is 5.97 Å². The number of hydrogen-bond donors (Lipinski definition) is 2. The van der Waals surface area contributed by atoms with E-state index in [4.69, 9.17) is 4.42 Å². The summed E-state index contributed by atoms with van der Waals surface area (Å²) >= 11 is 0. The number of carbonyl (C=O) groups excluding carboxylic acids is 1. The third-order valence-electron chi connectivity index (χ3n) is 4.24. The summed E-state index contributed by atoms with van der Waals surface area (Å²) in [4.78, 5) is 24.2. The topological polar surface area (TPSA) is 79.5 Å². The number of rotatable bonds is 6. The Labute approximate surface area is 141 Å². The van der Waals surface area contributed by atoms with Crippen molar-refractivity contribution in [1.82, 2.24) is 5.32 Å². The van der Waals surface area contributed by atoms with Gasteiger partial charge in [0.25, 0.3) is 5.91 Å². The molecule has 24 heavy (non-hydrogen) atoms. The molecule has 0 saturated carbocycles. The maximum absolute atomic E-state index is 12.4. The zero-order valence-corrected chi connectivity index (χ0v) is 14.4. The normalized spacial score (nSPS) is 13.5. The van der Waals surface area contributed by atoms with Crippen molar-refractivity contribution in [1.29, 1.82) is 0 Å². The molecule has 0 radical (unpaired) electrons. The van der Waals surface area contributed by atoms with Crippen molar-refractivity contribution in [2.75, 3.05) is 6.54 Å². The fourth-order valence-electron chi connectivity index (χ4n) is 2.47. The summed E-state index contributed by atoms with van der Waals surface area (Å²) < 4.78 is 5.58. The zero-order chi connectivity index (χ0) is 17.9. The molecule has 0 aliphatic rings. The van der Waals surface area contributed by atoms with E-state index in [0.29, 0.717) is 16.9 Å². The number of furan rings is 1. The molecule has 1 aromatic carbocycles. The summed E-state index contributed by atoms with van der Waals surface area (Å²) in [6, 6.07) is 10.6. The van der Waals surface area contributed by atoms with Crippen LogP contribution in [0.25, 0.3) is 0 Å². The Kier molecular flexibility index (Phi) is 5.12. The first kappa shape index (κ1) is 17.8. The highest BCUT2D eigenvalue weighted by atomic mass is 16.4. The van der Waals surface area contributed by atoms with Crippen molar-refractivity contribution >= 4 is 11.9 Å². The first-order chi connectivity index (χ1) is 11.3. The Morgan fingerprint density at radius 1 is 1.25 bits per heavy atom. The summed E-state index contributed by atoms with van der Waals surface area (Å²) in [6.45, 7) is 7.29. The van der Waals surface area contributed by atoms with Crippen molar-refractivity contribution in [3.8, 4) is 0 Å². The van der Waals surface area contributed by atoms with Crippen LogP contribution in [0.3, 0.4) is 0 Å². The van der Waals surface area contributed by atoms with E-state index >= 15 is 0 Å². The lowest BCUT2D eigenvalue weighted by Gasteiger charge is -2.25. The van der Waals surface area contributed by atoms with Gasteiger partial charge in [0.05, 0.1) is 5.56 Å². The smallest absolute Gasteiger partial charge is 0.315 e. The highest BCUT2D eigenvalue weighted by Crippen LogP contribution is 2.25. The maximum Gasteiger partial charge on any atom is 0.315 e. The predicted octanol–water partition coefficient (Wildman–Crippen LogP) is 3.48. The lowest BCUT2D eigenvalue weighted by Crippen LogP contribution is -2.44. The van der Waals surface area contributed by atoms with Gasteiger partial charge in [-0.05, 0) is 25.5 Å². The van der Waals surface area contributed by atoms with Gasteiger partial charge in [-0.2, -0.15) is 0 Å². The number of amides is 1. The molecule has 1 atom stereocenters. The summed E-state index contributed by atoms with van der Waals surface area (Å²) in [5.74, 6) is 0.140. The van der Waals surface area contributed by atoms with Crippen LogP contribution in [0.1, 0.15) is 54.1 Å². The van der Waals surface area contributed by atoms with Gasteiger partial charge < -0.3 is 14.8 Å². The molecule has 1 amide bonds. The molecular formula is C19H23NO4. The standard InChI is InChI=1S/C19H23NO4/c1-12(2)16-10-15(13(3)24-16)17(21)20-11-19(4,18(22)23)14-8-6-5-7-9-14/h5-10,12H,11H2,1-4H3,(H,20,21)(H,22,23). The molecule has 0 saturated heterocycles. The minimum absolute atomic E-state index is 0.00713. The fourth-order valence-corrected chi connectivity index (χ4v) is 2.47. The second-order valence-corrected chi connectivity index (χ2v) is 6.46. The van der Waals surface area contributed by atoms with Crippen LogP contribution >= 0.6 is 0 Å².